The van der Waals surface area contributed by atoms with Gasteiger partial charge < -0.3 is 10.6 Å². The van der Waals surface area contributed by atoms with Gasteiger partial charge in [0.2, 0.25) is 0 Å². The molecule has 0 heterocycles. The summed E-state index contributed by atoms with van der Waals surface area (Å²) < 4.78 is 0. The molecular weight excluding hydrogens is 244 g/mol. The van der Waals surface area contributed by atoms with Crippen LogP contribution in [0.3, 0.4) is 0 Å². The Hall–Kier alpha value is -0.0800. The van der Waals surface area contributed by atoms with Crippen molar-refractivity contribution in [2.75, 3.05) is 19.6 Å². The van der Waals surface area contributed by atoms with Crippen LogP contribution in [0.5, 0.6) is 0 Å². The van der Waals surface area contributed by atoms with Gasteiger partial charge in [-0.1, -0.05) is 48.5 Å². The average Bonchev–Trinajstić information content (AvgIpc) is 2.22. The normalized spacial score (nSPS) is 30.1. The quantitative estimate of drug-likeness (QED) is 0.736. The molecule has 0 amide bonds. The van der Waals surface area contributed by atoms with Crippen molar-refractivity contribution in [2.45, 2.75) is 73.8 Å². The maximum absolute atomic E-state index is 3.80. The van der Waals surface area contributed by atoms with Crippen molar-refractivity contribution >= 4 is 0 Å². The highest BCUT2D eigenvalue weighted by molar-refractivity contribution is 4.95. The van der Waals surface area contributed by atoms with Crippen LogP contribution in [0.1, 0.15) is 67.7 Å². The van der Waals surface area contributed by atoms with Crippen LogP contribution in [0.15, 0.2) is 0 Å². The third kappa shape index (κ3) is 6.58. The van der Waals surface area contributed by atoms with Crippen LogP contribution >= 0.6 is 0 Å². The zero-order valence-electron chi connectivity index (χ0n) is 15.0. The fraction of sp³-hybridized carbons (Fsp3) is 1.00. The summed E-state index contributed by atoms with van der Waals surface area (Å²) in [4.78, 5) is 0. The summed E-state index contributed by atoms with van der Waals surface area (Å²) in [6.07, 6.45) is 3.97. The van der Waals surface area contributed by atoms with Crippen LogP contribution < -0.4 is 10.6 Å². The van der Waals surface area contributed by atoms with Crippen LogP contribution in [0, 0.1) is 22.7 Å². The molecule has 1 saturated carbocycles. The molecule has 0 spiro atoms. The van der Waals surface area contributed by atoms with Crippen LogP contribution in [-0.4, -0.2) is 25.7 Å². The minimum Gasteiger partial charge on any atom is -0.316 e. The number of hydrogen-bond acceptors (Lipinski definition) is 2. The highest BCUT2D eigenvalue weighted by Gasteiger charge is 2.40. The lowest BCUT2D eigenvalue weighted by atomic mass is 9.62. The van der Waals surface area contributed by atoms with Gasteiger partial charge in [0.25, 0.3) is 0 Å². The van der Waals surface area contributed by atoms with Gasteiger partial charge in [-0.25, -0.2) is 0 Å². The lowest BCUT2D eigenvalue weighted by Crippen LogP contribution is -2.49. The first-order valence-corrected chi connectivity index (χ1v) is 8.56. The van der Waals surface area contributed by atoms with Crippen molar-refractivity contribution in [3.05, 3.63) is 0 Å². The highest BCUT2D eigenvalue weighted by atomic mass is 14.9. The summed E-state index contributed by atoms with van der Waals surface area (Å²) in [7, 11) is 0. The Kier molecular flexibility index (Phi) is 6.53. The molecule has 2 unspecified atom stereocenters. The molecule has 2 heteroatoms. The minimum absolute atomic E-state index is 0.436. The molecule has 1 rings (SSSR count). The zero-order valence-corrected chi connectivity index (χ0v) is 15.0. The van der Waals surface area contributed by atoms with E-state index in [0.717, 1.165) is 31.5 Å². The molecule has 0 bridgehead atoms. The molecule has 20 heavy (non-hydrogen) atoms. The van der Waals surface area contributed by atoms with Crippen molar-refractivity contribution < 1.29 is 0 Å². The average molecular weight is 283 g/mol. The van der Waals surface area contributed by atoms with Gasteiger partial charge in [-0.15, -0.1) is 0 Å². The van der Waals surface area contributed by atoms with Crippen LogP contribution in [0.2, 0.25) is 0 Å². The van der Waals surface area contributed by atoms with Crippen molar-refractivity contribution in [3.63, 3.8) is 0 Å². The molecule has 2 N–H and O–H groups in total. The fourth-order valence-electron chi connectivity index (χ4n) is 3.98. The molecule has 1 aliphatic carbocycles. The van der Waals surface area contributed by atoms with Gasteiger partial charge >= 0.3 is 0 Å². The molecular formula is C18H38N2. The smallest absolute Gasteiger partial charge is 0.00779 e. The summed E-state index contributed by atoms with van der Waals surface area (Å²) in [6.45, 7) is 20.0. The molecule has 0 saturated heterocycles. The number of hydrogen-bond donors (Lipinski definition) is 2. The monoisotopic (exact) mass is 282 g/mol. The largest absolute Gasteiger partial charge is 0.316 e. The van der Waals surface area contributed by atoms with Crippen molar-refractivity contribution in [1.29, 1.82) is 0 Å². The lowest BCUT2D eigenvalue weighted by molar-refractivity contribution is 0.0688. The molecule has 1 aliphatic rings. The van der Waals surface area contributed by atoms with Gasteiger partial charge in [-0.3, -0.25) is 0 Å². The lowest BCUT2D eigenvalue weighted by Gasteiger charge is -2.47. The number of nitrogens with one attached hydrogen (secondary N) is 2. The molecule has 0 aromatic rings. The predicted molar refractivity (Wildman–Crippen MR) is 90.1 cm³/mol. The van der Waals surface area contributed by atoms with Crippen molar-refractivity contribution in [3.8, 4) is 0 Å². The first-order valence-electron chi connectivity index (χ1n) is 8.56. The van der Waals surface area contributed by atoms with Gasteiger partial charge in [-0.2, -0.15) is 0 Å². The third-order valence-corrected chi connectivity index (χ3v) is 4.36. The van der Waals surface area contributed by atoms with Gasteiger partial charge in [0.15, 0.2) is 0 Å². The Morgan fingerprint density at radius 1 is 0.950 bits per heavy atom. The van der Waals surface area contributed by atoms with E-state index in [1.165, 1.54) is 19.3 Å². The van der Waals surface area contributed by atoms with E-state index in [-0.39, 0.29) is 0 Å². The van der Waals surface area contributed by atoms with E-state index >= 15 is 0 Å². The van der Waals surface area contributed by atoms with E-state index in [1.807, 2.05) is 0 Å². The van der Waals surface area contributed by atoms with E-state index in [9.17, 15) is 0 Å². The Balaban J connectivity index is 2.56. The highest BCUT2D eigenvalue weighted by Crippen LogP contribution is 2.45. The summed E-state index contributed by atoms with van der Waals surface area (Å²) in [5.41, 5.74) is 0.895. The topological polar surface area (TPSA) is 24.1 Å². The predicted octanol–water partition coefficient (Wildman–Crippen LogP) is 4.06. The van der Waals surface area contributed by atoms with Crippen LogP contribution in [0.4, 0.5) is 0 Å². The molecule has 120 valence electrons. The Bertz CT molecular complexity index is 283. The SMILES string of the molecule is CC(C)CNCC1(C)CC(NCC(C)C)CC(C)(C)C1. The first-order chi connectivity index (χ1) is 9.12. The maximum Gasteiger partial charge on any atom is 0.00779 e. The molecule has 0 aromatic carbocycles. The fourth-order valence-corrected chi connectivity index (χ4v) is 3.98. The second-order valence-corrected chi connectivity index (χ2v) is 9.08. The molecule has 1 fully saturated rings. The standard InChI is InChI=1S/C18H38N2/c1-14(2)10-19-13-18(7)9-16(20-11-15(3)4)8-17(5,6)12-18/h14-16,19-20H,8-13H2,1-7H3. The second-order valence-electron chi connectivity index (χ2n) is 9.08. The summed E-state index contributed by atoms with van der Waals surface area (Å²) in [6, 6.07) is 0.687. The van der Waals surface area contributed by atoms with Crippen LogP contribution in [0.25, 0.3) is 0 Å². The van der Waals surface area contributed by atoms with Crippen molar-refractivity contribution in [1.82, 2.24) is 10.6 Å². The Morgan fingerprint density at radius 3 is 2.10 bits per heavy atom. The van der Waals surface area contributed by atoms with Crippen LogP contribution in [-0.2, 0) is 0 Å². The van der Waals surface area contributed by atoms with E-state index in [4.69, 9.17) is 0 Å². The second kappa shape index (κ2) is 7.26. The molecule has 2 atom stereocenters. The van der Waals surface area contributed by atoms with E-state index in [0.29, 0.717) is 16.9 Å². The molecule has 0 aromatic heterocycles. The third-order valence-electron chi connectivity index (χ3n) is 4.36. The first kappa shape index (κ1) is 18.0. The minimum atomic E-state index is 0.436. The molecule has 0 radical (unpaired) electrons. The van der Waals surface area contributed by atoms with Gasteiger partial charge in [-0.05, 0) is 55.0 Å². The number of rotatable bonds is 7. The van der Waals surface area contributed by atoms with Gasteiger partial charge in [0.1, 0.15) is 0 Å². The summed E-state index contributed by atoms with van der Waals surface area (Å²) >= 11 is 0. The summed E-state index contributed by atoms with van der Waals surface area (Å²) in [5, 5.41) is 7.49. The van der Waals surface area contributed by atoms with E-state index in [1.54, 1.807) is 0 Å². The molecule has 0 aliphatic heterocycles. The van der Waals surface area contributed by atoms with Gasteiger partial charge in [0, 0.05) is 12.6 Å². The Labute approximate surface area is 127 Å². The Morgan fingerprint density at radius 2 is 1.55 bits per heavy atom. The zero-order chi connectivity index (χ0) is 15.4. The van der Waals surface area contributed by atoms with Gasteiger partial charge in [0.05, 0.1) is 0 Å². The maximum atomic E-state index is 3.80. The van der Waals surface area contributed by atoms with E-state index in [2.05, 4.69) is 59.1 Å². The summed E-state index contributed by atoms with van der Waals surface area (Å²) in [5.74, 6) is 1.48. The molecule has 2 nitrogen and oxygen atoms in total. The van der Waals surface area contributed by atoms with E-state index < -0.39 is 0 Å². The van der Waals surface area contributed by atoms with Crippen molar-refractivity contribution in [2.24, 2.45) is 22.7 Å².